The second-order valence-corrected chi connectivity index (χ2v) is 11.1. The Morgan fingerprint density at radius 3 is 2.33 bits per heavy atom. The third-order valence-corrected chi connectivity index (χ3v) is 6.28. The summed E-state index contributed by atoms with van der Waals surface area (Å²) < 4.78 is 5.81. The van der Waals surface area contributed by atoms with E-state index in [9.17, 15) is 24.3 Å². The Morgan fingerprint density at radius 2 is 1.64 bits per heavy atom. The van der Waals surface area contributed by atoms with Crippen LogP contribution in [-0.2, 0) is 9.59 Å². The molecule has 3 atom stereocenters. The summed E-state index contributed by atoms with van der Waals surface area (Å²) in [5, 5.41) is 20.0. The molecule has 0 aliphatic rings. The van der Waals surface area contributed by atoms with Gasteiger partial charge in [-0.05, 0) is 51.5 Å². The Labute approximate surface area is 245 Å². The Hall–Kier alpha value is -4.51. The lowest BCUT2D eigenvalue weighted by Gasteiger charge is -2.27. The van der Waals surface area contributed by atoms with Gasteiger partial charge >= 0.3 is 0 Å². The molecule has 224 valence electrons. The first kappa shape index (κ1) is 32.0. The Bertz CT molecular complexity index is 1420. The number of aliphatic hydroxyl groups excluding tert-OH is 1. The highest BCUT2D eigenvalue weighted by atomic mass is 16.5. The number of para-hydroxylation sites is 2. The first-order chi connectivity index (χ1) is 19.9. The van der Waals surface area contributed by atoms with Gasteiger partial charge in [-0.25, -0.2) is 4.98 Å². The van der Waals surface area contributed by atoms with Crippen LogP contribution in [0.2, 0.25) is 0 Å². The number of ether oxygens (including phenoxy) is 1. The monoisotopic (exact) mass is 577 g/mol. The third-order valence-electron chi connectivity index (χ3n) is 6.28. The number of nitrogens with one attached hydrogen (secondary N) is 3. The van der Waals surface area contributed by atoms with E-state index in [-0.39, 0.29) is 24.0 Å². The van der Waals surface area contributed by atoms with Gasteiger partial charge in [-0.2, -0.15) is 0 Å². The van der Waals surface area contributed by atoms with Crippen molar-refractivity contribution in [3.63, 3.8) is 0 Å². The van der Waals surface area contributed by atoms with Crippen LogP contribution < -0.4 is 26.4 Å². The number of rotatable bonds is 13. The average molecular weight is 578 g/mol. The predicted molar refractivity (Wildman–Crippen MR) is 159 cm³/mol. The Morgan fingerprint density at radius 1 is 0.952 bits per heavy atom. The molecule has 0 spiro atoms. The number of carbonyl (C=O) groups is 4. The van der Waals surface area contributed by atoms with Crippen LogP contribution in [0.4, 0.5) is 0 Å². The van der Waals surface area contributed by atoms with E-state index in [4.69, 9.17) is 10.5 Å². The van der Waals surface area contributed by atoms with Crippen molar-refractivity contribution < 1.29 is 29.0 Å². The highest BCUT2D eigenvalue weighted by Gasteiger charge is 2.29. The molecule has 42 heavy (non-hydrogen) atoms. The smallest absolute Gasteiger partial charge is 0.270 e. The number of hydrogen-bond acceptors (Lipinski definition) is 7. The van der Waals surface area contributed by atoms with E-state index in [1.54, 1.807) is 42.5 Å². The molecule has 11 nitrogen and oxygen atoms in total. The first-order valence-corrected chi connectivity index (χ1v) is 13.9. The largest absolute Gasteiger partial charge is 0.490 e. The molecule has 11 heteroatoms. The van der Waals surface area contributed by atoms with Gasteiger partial charge in [0, 0.05) is 10.9 Å². The molecular formula is C31H39N5O6. The third kappa shape index (κ3) is 9.27. The zero-order chi connectivity index (χ0) is 30.9. The highest BCUT2D eigenvalue weighted by molar-refractivity contribution is 5.99. The number of aliphatic hydroxyl groups is 1. The van der Waals surface area contributed by atoms with Crippen molar-refractivity contribution in [1.82, 2.24) is 20.9 Å². The van der Waals surface area contributed by atoms with Crippen LogP contribution in [-0.4, -0.2) is 64.1 Å². The fraction of sp³-hybridized carbons (Fsp3) is 0.387. The second-order valence-electron chi connectivity index (χ2n) is 11.1. The lowest BCUT2D eigenvalue weighted by molar-refractivity contribution is -0.128. The number of fused-ring (bicyclic) bond motifs is 1. The maximum Gasteiger partial charge on any atom is 0.270 e. The standard InChI is InChI=1S/C31H39N5O6/c1-5-10-22(25(37)18-42-26-14-9-7-12-20(26)28(39)36-31(2,3)4)34-30(41)24(17-27(32)38)35-29(40)23-16-15-19-11-6-8-13-21(19)33-23/h6-9,11-16,22,24-25,37H,5,10,17-18H2,1-4H3,(H2,32,38)(H,34,41)(H,35,40)(H,36,39)/t22-,24-,25+/m0/s1. The van der Waals surface area contributed by atoms with Crippen LogP contribution in [0, 0.1) is 0 Å². The van der Waals surface area contributed by atoms with Gasteiger partial charge < -0.3 is 31.5 Å². The van der Waals surface area contributed by atoms with Crippen LogP contribution in [0.3, 0.4) is 0 Å². The summed E-state index contributed by atoms with van der Waals surface area (Å²) in [5.41, 5.74) is 5.90. The number of primary amides is 1. The maximum atomic E-state index is 13.2. The summed E-state index contributed by atoms with van der Waals surface area (Å²) in [6.45, 7) is 7.25. The Kier molecular flexibility index (Phi) is 11.0. The van der Waals surface area contributed by atoms with E-state index < -0.39 is 47.9 Å². The summed E-state index contributed by atoms with van der Waals surface area (Å²) >= 11 is 0. The molecular weight excluding hydrogens is 538 g/mol. The molecule has 1 aromatic heterocycles. The molecule has 4 amide bonds. The van der Waals surface area contributed by atoms with Gasteiger partial charge in [-0.15, -0.1) is 0 Å². The molecule has 3 rings (SSSR count). The predicted octanol–water partition coefficient (Wildman–Crippen LogP) is 2.46. The summed E-state index contributed by atoms with van der Waals surface area (Å²) in [6, 6.07) is 15.1. The average Bonchev–Trinajstić information content (AvgIpc) is 2.94. The molecule has 0 unspecified atom stereocenters. The number of benzene rings is 2. The molecule has 1 heterocycles. The number of aromatic nitrogens is 1. The van der Waals surface area contributed by atoms with E-state index in [1.165, 1.54) is 6.07 Å². The van der Waals surface area contributed by atoms with Gasteiger partial charge in [0.25, 0.3) is 11.8 Å². The van der Waals surface area contributed by atoms with Crippen LogP contribution in [0.1, 0.15) is 67.8 Å². The molecule has 6 N–H and O–H groups in total. The van der Waals surface area contributed by atoms with Gasteiger partial charge in [0.1, 0.15) is 30.2 Å². The second kappa shape index (κ2) is 14.4. The first-order valence-electron chi connectivity index (χ1n) is 13.9. The lowest BCUT2D eigenvalue weighted by atomic mass is 10.0. The molecule has 2 aromatic carbocycles. The Balaban J connectivity index is 1.69. The van der Waals surface area contributed by atoms with Crippen molar-refractivity contribution in [3.05, 3.63) is 71.9 Å². The van der Waals surface area contributed by atoms with E-state index >= 15 is 0 Å². The molecule has 0 aliphatic heterocycles. The highest BCUT2D eigenvalue weighted by Crippen LogP contribution is 2.20. The van der Waals surface area contributed by atoms with Crippen molar-refractivity contribution in [1.29, 1.82) is 0 Å². The number of nitrogens with two attached hydrogens (primary N) is 1. The minimum atomic E-state index is -1.29. The summed E-state index contributed by atoms with van der Waals surface area (Å²) in [5.74, 6) is -2.17. The zero-order valence-corrected chi connectivity index (χ0v) is 24.3. The topological polar surface area (TPSA) is 173 Å². The number of carbonyl (C=O) groups excluding carboxylic acids is 4. The van der Waals surface area contributed by atoms with E-state index in [1.807, 2.05) is 39.8 Å². The molecule has 3 aromatic rings. The molecule has 0 bridgehead atoms. The van der Waals surface area contributed by atoms with E-state index in [0.29, 0.717) is 23.9 Å². The van der Waals surface area contributed by atoms with Crippen molar-refractivity contribution in [2.24, 2.45) is 5.73 Å². The SMILES string of the molecule is CCC[C@H](NC(=O)[C@H](CC(N)=O)NC(=O)c1ccc2ccccc2n1)[C@H](O)COc1ccccc1C(=O)NC(C)(C)C. The van der Waals surface area contributed by atoms with Gasteiger partial charge in [-0.1, -0.05) is 49.7 Å². The van der Waals surface area contributed by atoms with Gasteiger partial charge in [0.05, 0.1) is 23.5 Å². The van der Waals surface area contributed by atoms with E-state index in [0.717, 1.165) is 5.39 Å². The van der Waals surface area contributed by atoms with Crippen LogP contribution in [0.15, 0.2) is 60.7 Å². The minimum absolute atomic E-state index is 0.0728. The fourth-order valence-corrected chi connectivity index (χ4v) is 4.27. The van der Waals surface area contributed by atoms with Gasteiger partial charge in [-0.3, -0.25) is 19.2 Å². The number of pyridine rings is 1. The molecule has 0 fully saturated rings. The van der Waals surface area contributed by atoms with Crippen molar-refractivity contribution in [2.45, 2.75) is 70.7 Å². The molecule has 0 radical (unpaired) electrons. The van der Waals surface area contributed by atoms with Crippen molar-refractivity contribution in [3.8, 4) is 5.75 Å². The van der Waals surface area contributed by atoms with Crippen LogP contribution in [0.25, 0.3) is 10.9 Å². The lowest BCUT2D eigenvalue weighted by Crippen LogP contribution is -2.54. The molecule has 0 saturated carbocycles. The molecule has 0 saturated heterocycles. The zero-order valence-electron chi connectivity index (χ0n) is 24.3. The fourth-order valence-electron chi connectivity index (χ4n) is 4.27. The van der Waals surface area contributed by atoms with Crippen molar-refractivity contribution >= 4 is 34.5 Å². The van der Waals surface area contributed by atoms with Gasteiger partial charge in [0.2, 0.25) is 11.8 Å². The summed E-state index contributed by atoms with van der Waals surface area (Å²) in [6.07, 6.45) is -0.626. The quantitative estimate of drug-likeness (QED) is 0.207. The number of nitrogens with zero attached hydrogens (tertiary/aromatic N) is 1. The summed E-state index contributed by atoms with van der Waals surface area (Å²) in [4.78, 5) is 55.0. The maximum absolute atomic E-state index is 13.2. The minimum Gasteiger partial charge on any atom is -0.490 e. The molecule has 0 aliphatic carbocycles. The normalized spacial score (nSPS) is 13.5. The number of hydrogen-bond donors (Lipinski definition) is 5. The number of amides is 4. The van der Waals surface area contributed by atoms with Gasteiger partial charge in [0.15, 0.2) is 0 Å². The van der Waals surface area contributed by atoms with Crippen molar-refractivity contribution in [2.75, 3.05) is 6.61 Å². The van der Waals surface area contributed by atoms with Crippen LogP contribution in [0.5, 0.6) is 5.75 Å². The summed E-state index contributed by atoms with van der Waals surface area (Å²) in [7, 11) is 0. The van der Waals surface area contributed by atoms with E-state index in [2.05, 4.69) is 20.9 Å². The van der Waals surface area contributed by atoms with Crippen LogP contribution >= 0.6 is 0 Å².